The number of likely N-dealkylation sites (tertiary alicyclic amines) is 1. The molecule has 1 N–H and O–H groups in total. The van der Waals surface area contributed by atoms with E-state index in [-0.39, 0.29) is 23.7 Å². The van der Waals surface area contributed by atoms with E-state index in [2.05, 4.69) is 5.32 Å². The van der Waals surface area contributed by atoms with Crippen molar-refractivity contribution >= 4 is 29.1 Å². The molecule has 1 saturated heterocycles. The molecule has 2 aliphatic heterocycles. The van der Waals surface area contributed by atoms with Gasteiger partial charge in [-0.1, -0.05) is 11.6 Å². The number of nitrogens with one attached hydrogen (secondary N) is 1. The van der Waals surface area contributed by atoms with Crippen molar-refractivity contribution in [1.82, 2.24) is 4.90 Å². The number of hydrogen-bond acceptors (Lipinski definition) is 4. The van der Waals surface area contributed by atoms with Crippen molar-refractivity contribution in [2.24, 2.45) is 11.8 Å². The molecule has 25 heavy (non-hydrogen) atoms. The number of anilines is 1. The Morgan fingerprint density at radius 3 is 2.28 bits per heavy atom. The van der Waals surface area contributed by atoms with E-state index in [1.165, 1.54) is 0 Å². The Bertz CT molecular complexity index is 697. The highest BCUT2D eigenvalue weighted by molar-refractivity contribution is 6.34. The second-order valence-corrected chi connectivity index (χ2v) is 7.25. The predicted octanol–water partition coefficient (Wildman–Crippen LogP) is 2.70. The summed E-state index contributed by atoms with van der Waals surface area (Å²) in [4.78, 5) is 26.6. The molecule has 134 valence electrons. The van der Waals surface area contributed by atoms with Crippen molar-refractivity contribution in [3.05, 3.63) is 17.2 Å². The molecule has 1 aromatic rings. The van der Waals surface area contributed by atoms with E-state index in [9.17, 15) is 9.59 Å². The molecule has 3 aliphatic rings. The first-order valence-corrected chi connectivity index (χ1v) is 9.18. The summed E-state index contributed by atoms with van der Waals surface area (Å²) < 4.78 is 11.0. The summed E-state index contributed by atoms with van der Waals surface area (Å²) in [5.41, 5.74) is 0.535. The van der Waals surface area contributed by atoms with Gasteiger partial charge in [0.2, 0.25) is 11.8 Å². The van der Waals surface area contributed by atoms with Crippen molar-refractivity contribution in [2.45, 2.75) is 25.7 Å². The Morgan fingerprint density at radius 1 is 1.00 bits per heavy atom. The summed E-state index contributed by atoms with van der Waals surface area (Å²) in [6.07, 6.45) is 3.41. The SMILES string of the molecule is O=C(Nc1cc2c(cc1Cl)OCCO2)C1CCN(C(=O)C2CC2)CC1. The number of benzene rings is 1. The molecule has 0 aromatic heterocycles. The number of amides is 2. The minimum absolute atomic E-state index is 0.0582. The van der Waals surface area contributed by atoms with E-state index in [0.29, 0.717) is 61.4 Å². The second kappa shape index (κ2) is 6.75. The monoisotopic (exact) mass is 364 g/mol. The van der Waals surface area contributed by atoms with Crippen LogP contribution in [0.4, 0.5) is 5.69 Å². The van der Waals surface area contributed by atoms with Gasteiger partial charge in [-0.25, -0.2) is 0 Å². The van der Waals surface area contributed by atoms with Gasteiger partial charge in [0, 0.05) is 37.1 Å². The molecule has 1 aliphatic carbocycles. The third-order valence-corrected chi connectivity index (χ3v) is 5.31. The van der Waals surface area contributed by atoms with Gasteiger partial charge in [-0.3, -0.25) is 9.59 Å². The topological polar surface area (TPSA) is 67.9 Å². The van der Waals surface area contributed by atoms with Crippen LogP contribution < -0.4 is 14.8 Å². The first-order valence-electron chi connectivity index (χ1n) is 8.80. The first-order chi connectivity index (χ1) is 12.1. The lowest BCUT2D eigenvalue weighted by molar-refractivity contribution is -0.135. The molecule has 0 unspecified atom stereocenters. The summed E-state index contributed by atoms with van der Waals surface area (Å²) in [5.74, 6) is 1.53. The van der Waals surface area contributed by atoms with Crippen LogP contribution in [-0.4, -0.2) is 43.0 Å². The van der Waals surface area contributed by atoms with E-state index in [1.54, 1.807) is 12.1 Å². The fourth-order valence-electron chi connectivity index (χ4n) is 3.35. The molecule has 2 amide bonds. The van der Waals surface area contributed by atoms with Gasteiger partial charge in [0.05, 0.1) is 10.7 Å². The van der Waals surface area contributed by atoms with Crippen molar-refractivity contribution < 1.29 is 19.1 Å². The van der Waals surface area contributed by atoms with Gasteiger partial charge in [0.15, 0.2) is 11.5 Å². The molecule has 4 rings (SSSR count). The average molecular weight is 365 g/mol. The summed E-state index contributed by atoms with van der Waals surface area (Å²) in [6, 6.07) is 3.38. The Hall–Kier alpha value is -1.95. The number of carbonyl (C=O) groups is 2. The van der Waals surface area contributed by atoms with Gasteiger partial charge in [0.1, 0.15) is 13.2 Å². The Labute approximate surface area is 151 Å². The molecule has 1 saturated carbocycles. The van der Waals surface area contributed by atoms with Crippen LogP contribution in [0.15, 0.2) is 12.1 Å². The summed E-state index contributed by atoms with van der Waals surface area (Å²) in [5, 5.41) is 3.33. The van der Waals surface area contributed by atoms with Gasteiger partial charge < -0.3 is 19.7 Å². The molecule has 0 bridgehead atoms. The van der Waals surface area contributed by atoms with Gasteiger partial charge in [-0.05, 0) is 25.7 Å². The van der Waals surface area contributed by atoms with E-state index >= 15 is 0 Å². The van der Waals surface area contributed by atoms with E-state index in [1.807, 2.05) is 4.90 Å². The number of rotatable bonds is 3. The van der Waals surface area contributed by atoms with Gasteiger partial charge >= 0.3 is 0 Å². The van der Waals surface area contributed by atoms with E-state index in [4.69, 9.17) is 21.1 Å². The number of piperidine rings is 1. The molecule has 7 heteroatoms. The van der Waals surface area contributed by atoms with Crippen LogP contribution in [0.25, 0.3) is 0 Å². The minimum Gasteiger partial charge on any atom is -0.486 e. The Kier molecular flexibility index (Phi) is 4.46. The number of ether oxygens (including phenoxy) is 2. The van der Waals surface area contributed by atoms with Gasteiger partial charge in [-0.2, -0.15) is 0 Å². The summed E-state index contributed by atoms with van der Waals surface area (Å²) in [7, 11) is 0. The van der Waals surface area contributed by atoms with E-state index < -0.39 is 0 Å². The maximum absolute atomic E-state index is 12.6. The molecule has 0 spiro atoms. The number of halogens is 1. The third kappa shape index (κ3) is 3.54. The molecule has 6 nitrogen and oxygen atoms in total. The average Bonchev–Trinajstić information content (AvgIpc) is 3.47. The highest BCUT2D eigenvalue weighted by atomic mass is 35.5. The maximum Gasteiger partial charge on any atom is 0.227 e. The summed E-state index contributed by atoms with van der Waals surface area (Å²) >= 11 is 6.25. The smallest absolute Gasteiger partial charge is 0.227 e. The highest BCUT2D eigenvalue weighted by Gasteiger charge is 2.36. The zero-order valence-corrected chi connectivity index (χ0v) is 14.7. The molecular formula is C18H21ClN2O4. The van der Waals surface area contributed by atoms with Crippen molar-refractivity contribution in [1.29, 1.82) is 0 Å². The molecule has 0 atom stereocenters. The lowest BCUT2D eigenvalue weighted by Crippen LogP contribution is -2.42. The minimum atomic E-state index is -0.104. The lowest BCUT2D eigenvalue weighted by Gasteiger charge is -2.31. The van der Waals surface area contributed by atoms with Crippen LogP contribution >= 0.6 is 11.6 Å². The molecule has 2 fully saturated rings. The highest BCUT2D eigenvalue weighted by Crippen LogP contribution is 2.38. The van der Waals surface area contributed by atoms with E-state index in [0.717, 1.165) is 12.8 Å². The first kappa shape index (κ1) is 16.5. The summed E-state index contributed by atoms with van der Waals surface area (Å²) in [6.45, 7) is 2.28. The molecule has 1 aromatic carbocycles. The zero-order chi connectivity index (χ0) is 17.4. The fraction of sp³-hybridized carbons (Fsp3) is 0.556. The largest absolute Gasteiger partial charge is 0.486 e. The number of nitrogens with zero attached hydrogens (tertiary/aromatic N) is 1. The Balaban J connectivity index is 1.37. The standard InChI is InChI=1S/C18H21ClN2O4/c19-13-9-15-16(25-8-7-24-15)10-14(13)20-17(22)11-3-5-21(6-4-11)18(23)12-1-2-12/h9-12H,1-8H2,(H,20,22). The van der Waals surface area contributed by atoms with Crippen LogP contribution in [0.1, 0.15) is 25.7 Å². The predicted molar refractivity (Wildman–Crippen MR) is 93.1 cm³/mol. The molecule has 2 heterocycles. The Morgan fingerprint density at radius 2 is 1.64 bits per heavy atom. The van der Waals surface area contributed by atoms with Gasteiger partial charge in [-0.15, -0.1) is 0 Å². The van der Waals surface area contributed by atoms with Crippen LogP contribution in [0.5, 0.6) is 11.5 Å². The van der Waals surface area contributed by atoms with Crippen molar-refractivity contribution in [2.75, 3.05) is 31.6 Å². The fourth-order valence-corrected chi connectivity index (χ4v) is 3.55. The van der Waals surface area contributed by atoms with Crippen LogP contribution in [0, 0.1) is 11.8 Å². The van der Waals surface area contributed by atoms with Crippen molar-refractivity contribution in [3.8, 4) is 11.5 Å². The normalized spacial score (nSPS) is 20.3. The van der Waals surface area contributed by atoms with Crippen LogP contribution in [0.2, 0.25) is 5.02 Å². The maximum atomic E-state index is 12.6. The lowest BCUT2D eigenvalue weighted by atomic mass is 9.95. The zero-order valence-electron chi connectivity index (χ0n) is 13.9. The second-order valence-electron chi connectivity index (χ2n) is 6.84. The van der Waals surface area contributed by atoms with Crippen LogP contribution in [0.3, 0.4) is 0 Å². The van der Waals surface area contributed by atoms with Crippen LogP contribution in [-0.2, 0) is 9.59 Å². The third-order valence-electron chi connectivity index (χ3n) is 4.99. The quantitative estimate of drug-likeness (QED) is 0.895. The number of hydrogen-bond donors (Lipinski definition) is 1. The molecule has 0 radical (unpaired) electrons. The number of fused-ring (bicyclic) bond motifs is 1. The van der Waals surface area contributed by atoms with Gasteiger partial charge in [0.25, 0.3) is 0 Å². The number of carbonyl (C=O) groups excluding carboxylic acids is 2. The van der Waals surface area contributed by atoms with Crippen molar-refractivity contribution in [3.63, 3.8) is 0 Å². The molecular weight excluding hydrogens is 344 g/mol.